The van der Waals surface area contributed by atoms with Crippen molar-refractivity contribution in [2.75, 3.05) is 93.9 Å². The number of hydrogen-bond acceptors (Lipinski definition) is 30. The number of aliphatic hydroxyl groups excluding tert-OH is 7. The minimum Gasteiger partial charge on any atom is -0.508 e. The number of phenols is 2. The van der Waals surface area contributed by atoms with Gasteiger partial charge in [0.05, 0.1) is 116 Å². The average molecular weight is 1780 g/mol. The normalized spacial score (nSPS) is 9.13. The molecule has 31 nitrogen and oxygen atoms in total. The number of aromatic hydroxyl groups is 2. The Hall–Kier alpha value is -7.86. The van der Waals surface area contributed by atoms with E-state index in [2.05, 4.69) is 44.8 Å². The summed E-state index contributed by atoms with van der Waals surface area (Å²) in [5.41, 5.74) is 26.0. The lowest BCUT2D eigenvalue weighted by Crippen LogP contribution is -2.36. The fourth-order valence-electron chi connectivity index (χ4n) is 4.89. The quantitative estimate of drug-likeness (QED) is 0.0159. The lowest BCUT2D eigenvalue weighted by molar-refractivity contribution is -0.870. The zero-order valence-corrected chi connectivity index (χ0v) is 69.3. The molecule has 0 aliphatic rings. The van der Waals surface area contributed by atoms with E-state index in [1.165, 1.54) is 0 Å². The summed E-state index contributed by atoms with van der Waals surface area (Å²) in [4.78, 5) is 62.7. The molecular formula is C91H201N6O25+. The number of benzene rings is 4. The van der Waals surface area contributed by atoms with E-state index in [0.717, 1.165) is 27.9 Å². The summed E-state index contributed by atoms with van der Waals surface area (Å²) in [6.45, 7) is 39.2. The zero-order valence-electron chi connectivity index (χ0n) is 69.3. The highest BCUT2D eigenvalue weighted by Gasteiger charge is 2.22. The fourth-order valence-corrected chi connectivity index (χ4v) is 4.89. The van der Waals surface area contributed by atoms with Crippen LogP contribution in [0, 0.1) is 5.41 Å². The van der Waals surface area contributed by atoms with Crippen LogP contribution in [0.1, 0.15) is 267 Å². The summed E-state index contributed by atoms with van der Waals surface area (Å²) in [6, 6.07) is 31.7. The molecular weight excluding hydrogens is 1580 g/mol. The summed E-state index contributed by atoms with van der Waals surface area (Å²) < 4.78 is 42.7. The molecule has 0 aliphatic heterocycles. The van der Waals surface area contributed by atoms with Crippen molar-refractivity contribution in [3.63, 3.8) is 0 Å². The van der Waals surface area contributed by atoms with Crippen LogP contribution < -0.4 is 38.1 Å². The molecule has 20 N–H and O–H groups in total. The maximum absolute atomic E-state index is 10.8. The van der Waals surface area contributed by atoms with E-state index in [0.29, 0.717) is 44.3 Å². The number of hydrogen-bond donors (Lipinski definition) is 15. The number of esters is 5. The molecule has 4 aromatic rings. The number of rotatable bonds is 21. The van der Waals surface area contributed by atoms with Crippen molar-refractivity contribution >= 4 is 36.0 Å². The second-order valence-electron chi connectivity index (χ2n) is 25.6. The number of carbonyl (C=O) groups excluding carboxylic acids is 6. The molecule has 122 heavy (non-hydrogen) atoms. The summed E-state index contributed by atoms with van der Waals surface area (Å²) in [5.74, 6) is 0.115. The second-order valence-corrected chi connectivity index (χ2v) is 25.6. The first kappa shape index (κ1) is 180. The fraction of sp³-hybridized carbons (Fsp3) is 0.670. The smallest absolute Gasteiger partial charge is 0.508 e. The van der Waals surface area contributed by atoms with Gasteiger partial charge in [-0.15, -0.1) is 0 Å². The summed E-state index contributed by atoms with van der Waals surface area (Å²) in [7, 11) is 6.16. The Bertz CT molecular complexity index is 2640. The number of carbonyl (C=O) groups is 6. The van der Waals surface area contributed by atoms with E-state index >= 15 is 0 Å². The van der Waals surface area contributed by atoms with Gasteiger partial charge >= 0.3 is 36.0 Å². The first-order chi connectivity index (χ1) is 50.0. The average Bonchev–Trinajstić information content (AvgIpc) is 0.901. The number of aliphatic hydroxyl groups is 8. The molecule has 2 unspecified atom stereocenters. The molecule has 0 saturated heterocycles. The summed E-state index contributed by atoms with van der Waals surface area (Å²) in [5, 5.41) is 84.0. The van der Waals surface area contributed by atoms with Crippen molar-refractivity contribution in [3.05, 3.63) is 120 Å². The highest BCUT2D eigenvalue weighted by atomic mass is 16.8. The summed E-state index contributed by atoms with van der Waals surface area (Å²) >= 11 is 0. The Kier molecular flexibility index (Phi) is 179. The highest BCUT2D eigenvalue weighted by Crippen LogP contribution is 2.24. The van der Waals surface area contributed by atoms with Crippen LogP contribution in [0.25, 0.3) is 0 Å². The van der Waals surface area contributed by atoms with Gasteiger partial charge in [0.1, 0.15) is 30.1 Å². The molecule has 0 saturated carbocycles. The van der Waals surface area contributed by atoms with Crippen molar-refractivity contribution in [1.82, 2.24) is 0 Å². The number of ether oxygens (including phenoxy) is 9. The Balaban J connectivity index is -0.0000000384. The third-order valence-electron chi connectivity index (χ3n) is 9.44. The molecule has 0 bridgehead atoms. The van der Waals surface area contributed by atoms with Gasteiger partial charge in [-0.3, -0.25) is 24.0 Å². The first-order valence-corrected chi connectivity index (χ1v) is 35.1. The van der Waals surface area contributed by atoms with Crippen LogP contribution in [-0.2, 0) is 70.3 Å². The maximum Gasteiger partial charge on any atom is 0.510 e. The largest absolute Gasteiger partial charge is 0.510 e. The van der Waals surface area contributed by atoms with Crippen molar-refractivity contribution in [3.8, 4) is 23.0 Å². The SMILES string of the molecule is C.C.C.C.C.C.C.C.C.C.C.C.C.C.CC(C)(C)C(=O)OCO.CC(C)(C)O.CC(C)O.CC(C)OC(=O)C(C)N.CC(C)OC(=O)CN.CC(C)OC(=O)OCO.CCC(N)C(=O)OC(C)C.CCOC(=O)CN.CCOc1ccccc1CO.CCOc1ccccc1O.C[N+](C)(C)CCO.NCCO.OCc1ccccc1.Oc1ccccc1. The van der Waals surface area contributed by atoms with Gasteiger partial charge in [-0.05, 0) is 181 Å². The molecule has 0 fully saturated rings. The minimum atomic E-state index is -0.840. The molecule has 0 radical (unpaired) electrons. The second kappa shape index (κ2) is 122. The lowest BCUT2D eigenvalue weighted by atomic mass is 9.98. The van der Waals surface area contributed by atoms with Crippen molar-refractivity contribution in [2.45, 2.75) is 317 Å². The van der Waals surface area contributed by atoms with Gasteiger partial charge in [-0.1, -0.05) is 190 Å². The topological polar surface area (TPSA) is 518 Å². The number of nitrogens with two attached hydrogens (primary N) is 5. The van der Waals surface area contributed by atoms with Crippen LogP contribution in [0.4, 0.5) is 4.79 Å². The molecule has 4 aromatic carbocycles. The molecule has 0 spiro atoms. The molecule has 744 valence electrons. The van der Waals surface area contributed by atoms with Crippen LogP contribution in [-0.4, -0.2) is 234 Å². The molecule has 31 heteroatoms. The van der Waals surface area contributed by atoms with Gasteiger partial charge < -0.3 is 127 Å². The Morgan fingerprint density at radius 2 is 0.770 bits per heavy atom. The minimum absolute atomic E-state index is 0. The molecule has 0 aromatic heterocycles. The van der Waals surface area contributed by atoms with Crippen molar-refractivity contribution < 1.29 is 127 Å². The third kappa shape index (κ3) is 170. The Labute approximate surface area is 748 Å². The van der Waals surface area contributed by atoms with E-state index in [4.69, 9.17) is 98.7 Å². The maximum atomic E-state index is 10.8. The zero-order chi connectivity index (χ0) is 86.5. The third-order valence-corrected chi connectivity index (χ3v) is 9.44. The predicted molar refractivity (Wildman–Crippen MR) is 516 cm³/mol. The molecule has 0 amide bonds. The van der Waals surface area contributed by atoms with Crippen LogP contribution in [0.2, 0.25) is 0 Å². The highest BCUT2D eigenvalue weighted by molar-refractivity contribution is 5.76. The molecule has 0 aliphatic carbocycles. The van der Waals surface area contributed by atoms with E-state index < -0.39 is 42.8 Å². The van der Waals surface area contributed by atoms with Crippen LogP contribution in [0.3, 0.4) is 0 Å². The van der Waals surface area contributed by atoms with Gasteiger partial charge in [0.15, 0.2) is 25.1 Å². The van der Waals surface area contributed by atoms with Gasteiger partial charge in [0.2, 0.25) is 0 Å². The number of para-hydroxylation sites is 4. The van der Waals surface area contributed by atoms with Crippen LogP contribution in [0.5, 0.6) is 23.0 Å². The standard InChI is InChI=1S/C9H12O2.C8H10O2.C7H15NO2.C7H8O.C6H13NO2.C6H12O3.C6H6O.C5H11NO2.C5H14NO.C5H10O4.C4H9NO2.C4H10O.C3H8O.C2H7NO.14CH4/c1-2-11-9-6-4-3-5-8(9)7-10;1-2-10-8-6-4-3-5-7(8)9;1-4-6(8)7(9)10-5(2)3;8-6-7-4-2-1-3-5-7;1-4(2)9-6(8)5(3)7;1-6(2,3)5(8)9-4-7;7-6-4-2-1-3-5-6;1-4(2)8-5(7)3-6;1-6(2,3)4-5-7;1-4(2)9-5(7)8-3-6;1-2-7-4(6)3-5;1-4(2,3)5;1-3(2)4;3-1-2-4;;;;;;;;;;;;;;/h3-6,10H,2,7H2,1H3;3-6,9H,2H2,1H3;5-6H,4,8H2,1-3H3;1-5,8H,6H2;4-5H,7H2,1-3H3;7H,4H2,1-3H3;1-5,7H;4H,3,6H2,1-2H3;7H,4-5H2,1-3H3;4,6H,3H2,1-2H3;2-3,5H2,1H3;5H,1-3H3;3-4H,1-2H3;4H,1-3H2;14*1H4/q;;;;;;;;+1;;;;;;;;;;;;;;;;;;;. The predicted octanol–water partition coefficient (Wildman–Crippen LogP) is 16.0. The lowest BCUT2D eigenvalue weighted by Gasteiger charge is -2.21. The van der Waals surface area contributed by atoms with Crippen LogP contribution in [0.15, 0.2) is 109 Å². The van der Waals surface area contributed by atoms with Gasteiger partial charge in [-0.25, -0.2) is 4.79 Å². The number of nitrogens with zero attached hydrogens (tertiary/aromatic N) is 1. The van der Waals surface area contributed by atoms with E-state index in [9.17, 15) is 28.8 Å². The van der Waals surface area contributed by atoms with Gasteiger partial charge in [0, 0.05) is 18.2 Å². The molecule has 2 atom stereocenters. The summed E-state index contributed by atoms with van der Waals surface area (Å²) in [6.07, 6.45) is -0.762. The van der Waals surface area contributed by atoms with E-state index in [1.807, 2.05) is 87.5 Å². The van der Waals surface area contributed by atoms with Gasteiger partial charge in [0.25, 0.3) is 0 Å². The Morgan fingerprint density at radius 1 is 0.434 bits per heavy atom. The monoisotopic (exact) mass is 1780 g/mol. The molecule has 0 heterocycles. The number of likely N-dealkylation sites (N-methyl/N-ethyl adjacent to an activating group) is 1. The number of quaternary nitrogens is 1. The van der Waals surface area contributed by atoms with E-state index in [-0.39, 0.29) is 210 Å². The molecule has 4 rings (SSSR count). The number of phenolic OH excluding ortho intramolecular Hbond substituents is 2. The van der Waals surface area contributed by atoms with Gasteiger partial charge in [-0.2, -0.15) is 0 Å². The van der Waals surface area contributed by atoms with Crippen molar-refractivity contribution in [2.24, 2.45) is 34.1 Å². The van der Waals surface area contributed by atoms with Crippen molar-refractivity contribution in [1.29, 1.82) is 0 Å². The first-order valence-electron chi connectivity index (χ1n) is 35.1. The van der Waals surface area contributed by atoms with Crippen LogP contribution >= 0.6 is 0 Å². The van der Waals surface area contributed by atoms with E-state index in [1.54, 1.807) is 167 Å². The Morgan fingerprint density at radius 3 is 0.984 bits per heavy atom.